The Kier molecular flexibility index (Phi) is 4.96. The maximum absolute atomic E-state index is 12.2. The molecule has 1 aromatic rings. The Labute approximate surface area is 121 Å². The Hall–Kier alpha value is -2.51. The van der Waals surface area contributed by atoms with Gasteiger partial charge in [-0.15, -0.1) is 0 Å². The highest BCUT2D eigenvalue weighted by atomic mass is 16.6. The van der Waals surface area contributed by atoms with Gasteiger partial charge in [0, 0.05) is 6.07 Å². The normalized spacial score (nSPS) is 13.3. The molecule has 2 N–H and O–H groups in total. The van der Waals surface area contributed by atoms with Crippen molar-refractivity contribution in [3.05, 3.63) is 33.6 Å². The first-order valence-electron chi connectivity index (χ1n) is 6.38. The second-order valence-corrected chi connectivity index (χ2v) is 4.92. The molecule has 0 aliphatic carbocycles. The first-order chi connectivity index (χ1) is 9.71. The Bertz CT molecular complexity index is 587. The summed E-state index contributed by atoms with van der Waals surface area (Å²) in [6.45, 7) is 4.72. The molecule has 0 bridgehead atoms. The van der Waals surface area contributed by atoms with Crippen molar-refractivity contribution in [2.45, 2.75) is 39.2 Å². The Morgan fingerprint density at radius 1 is 1.52 bits per heavy atom. The van der Waals surface area contributed by atoms with Gasteiger partial charge in [0.2, 0.25) is 0 Å². The van der Waals surface area contributed by atoms with Crippen molar-refractivity contribution in [1.29, 1.82) is 0 Å². The van der Waals surface area contributed by atoms with Crippen molar-refractivity contribution in [1.82, 2.24) is 10.3 Å². The van der Waals surface area contributed by atoms with E-state index < -0.39 is 22.3 Å². The molecule has 8 nitrogen and oxygen atoms in total. The van der Waals surface area contributed by atoms with Crippen LogP contribution in [0.4, 0.5) is 5.69 Å². The summed E-state index contributed by atoms with van der Waals surface area (Å²) in [4.78, 5) is 37.4. The summed E-state index contributed by atoms with van der Waals surface area (Å²) < 4.78 is 0. The van der Waals surface area contributed by atoms with E-state index in [2.05, 4.69) is 10.3 Å². The molecular formula is C13H17N3O5. The number of aliphatic carboxylic acids is 1. The molecule has 0 fully saturated rings. The van der Waals surface area contributed by atoms with Crippen LogP contribution in [-0.4, -0.2) is 32.4 Å². The molecule has 0 radical (unpaired) electrons. The number of amides is 1. The third-order valence-corrected chi connectivity index (χ3v) is 3.14. The second-order valence-electron chi connectivity index (χ2n) is 4.92. The summed E-state index contributed by atoms with van der Waals surface area (Å²) in [5.41, 5.74) is -1.46. The van der Waals surface area contributed by atoms with Crippen molar-refractivity contribution < 1.29 is 19.6 Å². The van der Waals surface area contributed by atoms with Gasteiger partial charge >= 0.3 is 5.97 Å². The van der Waals surface area contributed by atoms with Crippen molar-refractivity contribution in [2.75, 3.05) is 0 Å². The average molecular weight is 295 g/mol. The standard InChI is InChI=1S/C13H17N3O5/c1-4-5-13(3,12(18)19)15-11(17)10-6-9(16(20)21)7-14-8(10)2/h6-7H,4-5H2,1-3H3,(H,15,17)(H,18,19). The molecule has 0 saturated carbocycles. The van der Waals surface area contributed by atoms with Crippen LogP contribution in [0, 0.1) is 17.0 Å². The number of carboxylic acid groups (broad SMARTS) is 1. The van der Waals surface area contributed by atoms with Gasteiger partial charge in [0.05, 0.1) is 16.2 Å². The minimum absolute atomic E-state index is 0.00669. The molecule has 1 rings (SSSR count). The fourth-order valence-electron chi connectivity index (χ4n) is 1.89. The molecule has 1 heterocycles. The van der Waals surface area contributed by atoms with Crippen LogP contribution >= 0.6 is 0 Å². The van der Waals surface area contributed by atoms with E-state index in [0.717, 1.165) is 12.3 Å². The van der Waals surface area contributed by atoms with Gasteiger partial charge in [-0.25, -0.2) is 4.79 Å². The molecule has 1 unspecified atom stereocenters. The van der Waals surface area contributed by atoms with E-state index in [-0.39, 0.29) is 17.7 Å². The van der Waals surface area contributed by atoms with Gasteiger partial charge in [-0.2, -0.15) is 0 Å². The van der Waals surface area contributed by atoms with E-state index in [1.165, 1.54) is 13.8 Å². The van der Waals surface area contributed by atoms with E-state index in [0.29, 0.717) is 12.1 Å². The summed E-state index contributed by atoms with van der Waals surface area (Å²) in [7, 11) is 0. The monoisotopic (exact) mass is 295 g/mol. The quantitative estimate of drug-likeness (QED) is 0.608. The van der Waals surface area contributed by atoms with Crippen molar-refractivity contribution in [2.24, 2.45) is 0 Å². The lowest BCUT2D eigenvalue weighted by Gasteiger charge is -2.25. The summed E-state index contributed by atoms with van der Waals surface area (Å²) in [6.07, 6.45) is 1.86. The lowest BCUT2D eigenvalue weighted by molar-refractivity contribution is -0.385. The molecule has 0 aliphatic heterocycles. The summed E-state index contributed by atoms with van der Waals surface area (Å²) in [5, 5.41) is 22.4. The SMILES string of the molecule is CCCC(C)(NC(=O)c1cc([N+](=O)[O-])cnc1C)C(=O)O. The fraction of sp³-hybridized carbons (Fsp3) is 0.462. The lowest BCUT2D eigenvalue weighted by Crippen LogP contribution is -2.52. The predicted molar refractivity (Wildman–Crippen MR) is 74.0 cm³/mol. The van der Waals surface area contributed by atoms with Gasteiger partial charge in [0.15, 0.2) is 0 Å². The number of nitrogens with one attached hydrogen (secondary N) is 1. The number of nitro groups is 1. The predicted octanol–water partition coefficient (Wildman–Crippen LogP) is 1.67. The number of hydrogen-bond donors (Lipinski definition) is 2. The van der Waals surface area contributed by atoms with Crippen LogP contribution in [0.1, 0.15) is 42.7 Å². The maximum Gasteiger partial charge on any atom is 0.329 e. The van der Waals surface area contributed by atoms with Crippen LogP contribution in [-0.2, 0) is 4.79 Å². The number of hydrogen-bond acceptors (Lipinski definition) is 5. The van der Waals surface area contributed by atoms with E-state index in [1.54, 1.807) is 6.92 Å². The highest BCUT2D eigenvalue weighted by Gasteiger charge is 2.34. The van der Waals surface area contributed by atoms with Gasteiger partial charge in [-0.05, 0) is 20.3 Å². The zero-order chi connectivity index (χ0) is 16.2. The lowest BCUT2D eigenvalue weighted by atomic mass is 9.95. The number of carbonyl (C=O) groups excluding carboxylic acids is 1. The zero-order valence-corrected chi connectivity index (χ0v) is 12.0. The van der Waals surface area contributed by atoms with Gasteiger partial charge < -0.3 is 10.4 Å². The van der Waals surface area contributed by atoms with Crippen LogP contribution in [0.15, 0.2) is 12.3 Å². The zero-order valence-electron chi connectivity index (χ0n) is 12.0. The van der Waals surface area contributed by atoms with E-state index >= 15 is 0 Å². The number of pyridine rings is 1. The second kappa shape index (κ2) is 6.29. The fourth-order valence-corrected chi connectivity index (χ4v) is 1.89. The maximum atomic E-state index is 12.2. The number of rotatable bonds is 6. The van der Waals surface area contributed by atoms with E-state index in [4.69, 9.17) is 0 Å². The summed E-state index contributed by atoms with van der Waals surface area (Å²) in [5.74, 6) is -1.85. The van der Waals surface area contributed by atoms with Crippen LogP contribution in [0.5, 0.6) is 0 Å². The minimum atomic E-state index is -1.43. The smallest absolute Gasteiger partial charge is 0.329 e. The highest BCUT2D eigenvalue weighted by molar-refractivity contribution is 5.98. The molecule has 114 valence electrons. The molecule has 21 heavy (non-hydrogen) atoms. The average Bonchev–Trinajstić information content (AvgIpc) is 2.38. The van der Waals surface area contributed by atoms with Crippen LogP contribution in [0.3, 0.4) is 0 Å². The number of aromatic nitrogens is 1. The molecule has 0 saturated heterocycles. The molecule has 0 aromatic carbocycles. The van der Waals surface area contributed by atoms with Crippen LogP contribution in [0.25, 0.3) is 0 Å². The molecule has 8 heteroatoms. The van der Waals surface area contributed by atoms with Crippen molar-refractivity contribution in [3.8, 4) is 0 Å². The van der Waals surface area contributed by atoms with E-state index in [1.807, 2.05) is 0 Å². The molecule has 0 aliphatic rings. The van der Waals surface area contributed by atoms with Gasteiger partial charge in [-0.1, -0.05) is 13.3 Å². The molecule has 0 spiro atoms. The largest absolute Gasteiger partial charge is 0.480 e. The van der Waals surface area contributed by atoms with Gasteiger partial charge in [-0.3, -0.25) is 19.9 Å². The van der Waals surface area contributed by atoms with E-state index in [9.17, 15) is 24.8 Å². The third kappa shape index (κ3) is 3.74. The van der Waals surface area contributed by atoms with Crippen LogP contribution < -0.4 is 5.32 Å². The molecule has 1 atom stereocenters. The summed E-state index contributed by atoms with van der Waals surface area (Å²) in [6, 6.07) is 1.09. The number of nitrogens with zero attached hydrogens (tertiary/aromatic N) is 2. The Morgan fingerprint density at radius 3 is 2.62 bits per heavy atom. The minimum Gasteiger partial charge on any atom is -0.480 e. The number of carbonyl (C=O) groups is 2. The first kappa shape index (κ1) is 16.5. The van der Waals surface area contributed by atoms with Gasteiger partial charge in [0.1, 0.15) is 11.7 Å². The molecule has 1 amide bonds. The Balaban J connectivity index is 3.11. The third-order valence-electron chi connectivity index (χ3n) is 3.14. The van der Waals surface area contributed by atoms with Gasteiger partial charge in [0.25, 0.3) is 11.6 Å². The van der Waals surface area contributed by atoms with Crippen LogP contribution in [0.2, 0.25) is 0 Å². The van der Waals surface area contributed by atoms with Crippen molar-refractivity contribution >= 4 is 17.6 Å². The first-order valence-corrected chi connectivity index (χ1v) is 6.38. The molecular weight excluding hydrogens is 278 g/mol. The number of aryl methyl sites for hydroxylation is 1. The number of carboxylic acids is 1. The van der Waals surface area contributed by atoms with Crippen molar-refractivity contribution in [3.63, 3.8) is 0 Å². The highest BCUT2D eigenvalue weighted by Crippen LogP contribution is 2.18. The molecule has 1 aromatic heterocycles. The Morgan fingerprint density at radius 2 is 2.14 bits per heavy atom. The summed E-state index contributed by atoms with van der Waals surface area (Å²) >= 11 is 0. The topological polar surface area (TPSA) is 122 Å².